The van der Waals surface area contributed by atoms with E-state index in [0.717, 1.165) is 0 Å². The molecule has 0 aliphatic rings. The number of ether oxygens (including phenoxy) is 1. The van der Waals surface area contributed by atoms with Crippen LogP contribution in [-0.4, -0.2) is 59.1 Å². The van der Waals surface area contributed by atoms with Crippen LogP contribution >= 0.6 is 11.8 Å². The van der Waals surface area contributed by atoms with Gasteiger partial charge < -0.3 is 20.3 Å². The number of esters is 1. The smallest absolute Gasteiger partial charge is 0.325 e. The molecule has 0 aromatic rings. The van der Waals surface area contributed by atoms with Crippen LogP contribution in [0, 0.1) is 0 Å². The minimum atomic E-state index is -0.708. The normalized spacial score (nSPS) is 17.9. The van der Waals surface area contributed by atoms with Gasteiger partial charge in [-0.2, -0.15) is 11.8 Å². The minimum Gasteiger partial charge on any atom is -0.468 e. The number of methoxy groups -OCH3 is 1. The SMILES string of the molecule is CCNC(C)(CC(C)SCC(O)CO)C(=O)OC. The molecule has 3 N–H and O–H groups in total. The molecule has 3 unspecified atom stereocenters. The van der Waals surface area contributed by atoms with Crippen molar-refractivity contribution in [2.45, 2.75) is 44.1 Å². The molecule has 18 heavy (non-hydrogen) atoms. The van der Waals surface area contributed by atoms with Crippen LogP contribution in [0.4, 0.5) is 0 Å². The highest BCUT2D eigenvalue weighted by molar-refractivity contribution is 7.99. The summed E-state index contributed by atoms with van der Waals surface area (Å²) in [4.78, 5) is 11.8. The third kappa shape index (κ3) is 6.04. The van der Waals surface area contributed by atoms with E-state index in [9.17, 15) is 9.90 Å². The summed E-state index contributed by atoms with van der Waals surface area (Å²) >= 11 is 1.53. The second-order valence-corrected chi connectivity index (χ2v) is 6.01. The molecular formula is C12H25NO4S. The van der Waals surface area contributed by atoms with Crippen molar-refractivity contribution in [1.82, 2.24) is 5.32 Å². The standard InChI is InChI=1S/C12H25NO4S/c1-5-13-12(3,11(16)17-4)6-9(2)18-8-10(15)7-14/h9-10,13-15H,5-8H2,1-4H3. The van der Waals surface area contributed by atoms with Crippen molar-refractivity contribution in [3.8, 4) is 0 Å². The molecule has 0 amide bonds. The number of rotatable bonds is 9. The highest BCUT2D eigenvalue weighted by Gasteiger charge is 2.35. The number of aliphatic hydroxyl groups excluding tert-OH is 2. The molecule has 6 heteroatoms. The van der Waals surface area contributed by atoms with Gasteiger partial charge in [0.05, 0.1) is 19.8 Å². The Balaban J connectivity index is 4.35. The largest absolute Gasteiger partial charge is 0.468 e. The van der Waals surface area contributed by atoms with E-state index in [1.54, 1.807) is 0 Å². The molecule has 0 aliphatic carbocycles. The van der Waals surface area contributed by atoms with Gasteiger partial charge in [-0.15, -0.1) is 0 Å². The number of carbonyl (C=O) groups excluding carboxylic acids is 1. The topological polar surface area (TPSA) is 78.8 Å². The molecule has 0 aliphatic heterocycles. The van der Waals surface area contributed by atoms with E-state index in [1.807, 2.05) is 20.8 Å². The Morgan fingerprint density at radius 2 is 2.17 bits per heavy atom. The molecule has 0 rings (SSSR count). The summed E-state index contributed by atoms with van der Waals surface area (Å²) in [6, 6.07) is 0. The zero-order valence-corrected chi connectivity index (χ0v) is 12.4. The third-order valence-corrected chi connectivity index (χ3v) is 4.00. The van der Waals surface area contributed by atoms with E-state index in [-0.39, 0.29) is 17.8 Å². The molecule has 0 saturated carbocycles. The molecule has 0 heterocycles. The highest BCUT2D eigenvalue weighted by Crippen LogP contribution is 2.23. The van der Waals surface area contributed by atoms with Gasteiger partial charge in [0, 0.05) is 11.0 Å². The molecule has 0 radical (unpaired) electrons. The van der Waals surface area contributed by atoms with Crippen molar-refractivity contribution in [1.29, 1.82) is 0 Å². The highest BCUT2D eigenvalue weighted by atomic mass is 32.2. The maximum absolute atomic E-state index is 11.8. The number of likely N-dealkylation sites (N-methyl/N-ethyl adjacent to an activating group) is 1. The van der Waals surface area contributed by atoms with Gasteiger partial charge >= 0.3 is 5.97 Å². The first-order chi connectivity index (χ1) is 8.39. The second-order valence-electron chi connectivity index (χ2n) is 4.54. The predicted octanol–water partition coefficient (Wildman–Crippen LogP) is 0.393. The van der Waals surface area contributed by atoms with Crippen molar-refractivity contribution in [2.24, 2.45) is 0 Å². The van der Waals surface area contributed by atoms with E-state index in [1.165, 1.54) is 18.9 Å². The molecule has 0 saturated heterocycles. The molecule has 108 valence electrons. The lowest BCUT2D eigenvalue weighted by Crippen LogP contribution is -2.51. The third-order valence-electron chi connectivity index (χ3n) is 2.68. The molecule has 0 spiro atoms. The zero-order chi connectivity index (χ0) is 14.2. The van der Waals surface area contributed by atoms with Gasteiger partial charge in [-0.1, -0.05) is 13.8 Å². The second kappa shape index (κ2) is 8.74. The van der Waals surface area contributed by atoms with Gasteiger partial charge in [0.25, 0.3) is 0 Å². The lowest BCUT2D eigenvalue weighted by molar-refractivity contribution is -0.148. The Kier molecular flexibility index (Phi) is 8.60. The molecule has 0 aromatic carbocycles. The number of nitrogens with one attached hydrogen (secondary N) is 1. The predicted molar refractivity (Wildman–Crippen MR) is 73.7 cm³/mol. The van der Waals surface area contributed by atoms with E-state index >= 15 is 0 Å². The average Bonchev–Trinajstić information content (AvgIpc) is 2.34. The van der Waals surface area contributed by atoms with Crippen LogP contribution in [0.1, 0.15) is 27.2 Å². The summed E-state index contributed by atoms with van der Waals surface area (Å²) in [5.41, 5.74) is -0.708. The Labute approximate surface area is 113 Å². The van der Waals surface area contributed by atoms with E-state index in [2.05, 4.69) is 5.32 Å². The summed E-state index contributed by atoms with van der Waals surface area (Å²) in [5.74, 6) is 0.181. The first-order valence-electron chi connectivity index (χ1n) is 6.13. The Hall–Kier alpha value is -0.300. The van der Waals surface area contributed by atoms with Gasteiger partial charge in [-0.05, 0) is 19.9 Å². The fraction of sp³-hybridized carbons (Fsp3) is 0.917. The fourth-order valence-electron chi connectivity index (χ4n) is 1.80. The van der Waals surface area contributed by atoms with E-state index in [4.69, 9.17) is 9.84 Å². The zero-order valence-electron chi connectivity index (χ0n) is 11.6. The molecule has 0 bridgehead atoms. The summed E-state index contributed by atoms with van der Waals surface area (Å²) in [6.45, 7) is 6.20. The van der Waals surface area contributed by atoms with Gasteiger partial charge in [-0.25, -0.2) is 0 Å². The Morgan fingerprint density at radius 3 is 2.61 bits per heavy atom. The van der Waals surface area contributed by atoms with Gasteiger partial charge in [-0.3, -0.25) is 4.79 Å². The maximum Gasteiger partial charge on any atom is 0.325 e. The first kappa shape index (κ1) is 17.7. The van der Waals surface area contributed by atoms with Gasteiger partial charge in [0.1, 0.15) is 5.54 Å². The molecule has 3 atom stereocenters. The Bertz CT molecular complexity index is 252. The van der Waals surface area contributed by atoms with Crippen molar-refractivity contribution in [3.63, 3.8) is 0 Å². The van der Waals surface area contributed by atoms with Crippen molar-refractivity contribution in [2.75, 3.05) is 26.0 Å². The van der Waals surface area contributed by atoms with Crippen LogP contribution < -0.4 is 5.32 Å². The van der Waals surface area contributed by atoms with Crippen LogP contribution in [0.2, 0.25) is 0 Å². The van der Waals surface area contributed by atoms with Crippen molar-refractivity contribution in [3.05, 3.63) is 0 Å². The number of aliphatic hydroxyl groups is 2. The summed E-state index contributed by atoms with van der Waals surface area (Å²) in [7, 11) is 1.38. The number of hydrogen-bond donors (Lipinski definition) is 3. The van der Waals surface area contributed by atoms with Crippen molar-refractivity contribution >= 4 is 17.7 Å². The van der Waals surface area contributed by atoms with Gasteiger partial charge in [0.2, 0.25) is 0 Å². The quantitative estimate of drug-likeness (QED) is 0.530. The van der Waals surface area contributed by atoms with Crippen LogP contribution in [0.25, 0.3) is 0 Å². The first-order valence-corrected chi connectivity index (χ1v) is 7.18. The maximum atomic E-state index is 11.8. The Morgan fingerprint density at radius 1 is 1.56 bits per heavy atom. The number of hydrogen-bond acceptors (Lipinski definition) is 6. The van der Waals surface area contributed by atoms with E-state index in [0.29, 0.717) is 18.7 Å². The fourth-order valence-corrected chi connectivity index (χ4v) is 2.91. The number of carbonyl (C=O) groups is 1. The minimum absolute atomic E-state index is 0.175. The summed E-state index contributed by atoms with van der Waals surface area (Å²) in [6.07, 6.45) is -0.1000. The summed E-state index contributed by atoms with van der Waals surface area (Å²) < 4.78 is 4.82. The summed E-state index contributed by atoms with van der Waals surface area (Å²) in [5, 5.41) is 21.3. The van der Waals surface area contributed by atoms with Crippen LogP contribution in [0.5, 0.6) is 0 Å². The van der Waals surface area contributed by atoms with Crippen LogP contribution in [0.15, 0.2) is 0 Å². The molecule has 5 nitrogen and oxygen atoms in total. The van der Waals surface area contributed by atoms with Crippen LogP contribution in [0.3, 0.4) is 0 Å². The molecule has 0 aromatic heterocycles. The van der Waals surface area contributed by atoms with Crippen molar-refractivity contribution < 1.29 is 19.7 Å². The average molecular weight is 279 g/mol. The molecule has 0 fully saturated rings. The molecular weight excluding hydrogens is 254 g/mol. The lowest BCUT2D eigenvalue weighted by atomic mass is 9.96. The van der Waals surface area contributed by atoms with E-state index < -0.39 is 11.6 Å². The van der Waals surface area contributed by atoms with Crippen LogP contribution in [-0.2, 0) is 9.53 Å². The van der Waals surface area contributed by atoms with Gasteiger partial charge in [0.15, 0.2) is 0 Å². The lowest BCUT2D eigenvalue weighted by Gasteiger charge is -2.30. The monoisotopic (exact) mass is 279 g/mol. The number of thioether (sulfide) groups is 1.